The molecule has 13 heteroatoms. The number of aromatic nitrogens is 1. The zero-order chi connectivity index (χ0) is 26.6. The Morgan fingerprint density at radius 2 is 1.76 bits per heavy atom. The maximum Gasteiger partial charge on any atom is 1.00 e. The molecule has 198 valence electrons. The van der Waals surface area contributed by atoms with Gasteiger partial charge in [-0.15, -0.1) is 0 Å². The zero-order valence-electron chi connectivity index (χ0n) is 21.2. The number of rotatable bonds is 11. The Labute approximate surface area is 274 Å². The van der Waals surface area contributed by atoms with Gasteiger partial charge in [-0.3, -0.25) is 4.55 Å². The summed E-state index contributed by atoms with van der Waals surface area (Å²) in [5.41, 5.74) is 3.03. The van der Waals surface area contributed by atoms with Crippen molar-refractivity contribution in [2.45, 2.75) is 37.6 Å². The third-order valence-corrected chi connectivity index (χ3v) is 9.68. The second-order valence-electron chi connectivity index (χ2n) is 8.59. The Kier molecular flexibility index (Phi) is 11.6. The number of allylic oxidation sites excluding steroid dienone is 2. The largest absolute Gasteiger partial charge is 1.00 e. The molecule has 1 N–H and O–H groups in total. The van der Waals surface area contributed by atoms with Crippen LogP contribution in [0.5, 0.6) is 0 Å². The van der Waals surface area contributed by atoms with Crippen LogP contribution in [0, 0.1) is 0 Å². The van der Waals surface area contributed by atoms with Crippen molar-refractivity contribution in [2.75, 3.05) is 23.0 Å². The van der Waals surface area contributed by atoms with Gasteiger partial charge in [-0.1, -0.05) is 54.3 Å². The minimum atomic E-state index is -4.28. The smallest absolute Gasteiger partial charge is 0.748 e. The van der Waals surface area contributed by atoms with Crippen molar-refractivity contribution < 1.29 is 81.9 Å². The first-order valence-electron chi connectivity index (χ1n) is 11.8. The van der Waals surface area contributed by atoms with Gasteiger partial charge in [-0.2, -0.15) is 13.0 Å². The number of para-hydroxylation sites is 2. The van der Waals surface area contributed by atoms with Crippen LogP contribution in [0.15, 0.2) is 70.1 Å². The maximum absolute atomic E-state index is 11.3. The number of hydrogen-bond acceptors (Lipinski definition) is 8. The molecular formula is C25H28KN2O6S4+. The summed E-state index contributed by atoms with van der Waals surface area (Å²) < 4.78 is 68.2. The van der Waals surface area contributed by atoms with Gasteiger partial charge in [0.25, 0.3) is 15.1 Å². The first-order valence-corrected chi connectivity index (χ1v) is 16.6. The summed E-state index contributed by atoms with van der Waals surface area (Å²) in [6.07, 6.45) is 5.43. The number of benzene rings is 2. The van der Waals surface area contributed by atoms with Gasteiger partial charge in [0.15, 0.2) is 6.54 Å². The van der Waals surface area contributed by atoms with Gasteiger partial charge < -0.3 is 9.45 Å². The summed E-state index contributed by atoms with van der Waals surface area (Å²) in [6, 6.07) is 15.8. The molecule has 2 aromatic carbocycles. The molecule has 0 amide bonds. The Morgan fingerprint density at radius 1 is 1.05 bits per heavy atom. The molecule has 2 heterocycles. The predicted molar refractivity (Wildman–Crippen MR) is 148 cm³/mol. The van der Waals surface area contributed by atoms with Crippen LogP contribution in [0.3, 0.4) is 0 Å². The van der Waals surface area contributed by atoms with Crippen LogP contribution in [0.25, 0.3) is 16.3 Å². The Bertz CT molecular complexity index is 1570. The van der Waals surface area contributed by atoms with E-state index in [2.05, 4.69) is 28.5 Å². The molecule has 1 aliphatic heterocycles. The van der Waals surface area contributed by atoms with E-state index >= 15 is 0 Å². The average molecular weight is 620 g/mol. The summed E-state index contributed by atoms with van der Waals surface area (Å²) in [4.78, 5) is 3.15. The number of anilines is 1. The van der Waals surface area contributed by atoms with Crippen LogP contribution in [-0.4, -0.2) is 44.0 Å². The van der Waals surface area contributed by atoms with Crippen molar-refractivity contribution >= 4 is 65.3 Å². The molecule has 8 nitrogen and oxygen atoms in total. The molecule has 0 fully saturated rings. The van der Waals surface area contributed by atoms with E-state index in [9.17, 15) is 21.4 Å². The minimum absolute atomic E-state index is 0. The number of thioether (sulfide) groups is 1. The van der Waals surface area contributed by atoms with Gasteiger partial charge in [0.05, 0.1) is 26.6 Å². The normalized spacial score (nSPS) is 15.2. The molecule has 1 aliphatic rings. The van der Waals surface area contributed by atoms with E-state index in [1.165, 1.54) is 0 Å². The molecule has 0 aliphatic carbocycles. The molecule has 0 bridgehead atoms. The Balaban J connectivity index is 0.00000400. The van der Waals surface area contributed by atoms with E-state index < -0.39 is 26.0 Å². The molecule has 0 radical (unpaired) electrons. The number of aryl methyl sites for hydroxylation is 1. The fraction of sp³-hybridized carbons (Fsp3) is 0.320. The monoisotopic (exact) mass is 619 g/mol. The zero-order valence-corrected chi connectivity index (χ0v) is 27.6. The third-order valence-electron chi connectivity index (χ3n) is 5.86. The van der Waals surface area contributed by atoms with E-state index in [1.807, 2.05) is 48.5 Å². The number of hydrogen-bond donors (Lipinski definition) is 1. The third kappa shape index (κ3) is 8.71. The first kappa shape index (κ1) is 31.9. The fourth-order valence-corrected chi connectivity index (χ4v) is 7.46. The molecular weight excluding hydrogens is 592 g/mol. The van der Waals surface area contributed by atoms with Crippen LogP contribution >= 0.6 is 23.1 Å². The molecule has 0 unspecified atom stereocenters. The van der Waals surface area contributed by atoms with Crippen LogP contribution < -0.4 is 60.9 Å². The standard InChI is InChI=1S/C25H28N2O6S4.K/c1-2-19(17-24-26(13-7-15-36(28,29)30)20-9-3-5-11-22(20)34-24)18-25-27(14-8-16-37(31,32)33)21-10-4-6-12-23(21)35-25;/h3-6,9-12,17-18H,2,7-8,13-16H2,1H3,(H-,28,29,30,31,32,33);/q;+1. The van der Waals surface area contributed by atoms with Crippen molar-refractivity contribution in [1.82, 2.24) is 0 Å². The summed E-state index contributed by atoms with van der Waals surface area (Å²) in [7, 11) is -8.32. The molecule has 3 aromatic rings. The molecule has 0 saturated heterocycles. The van der Waals surface area contributed by atoms with Crippen molar-refractivity contribution in [2.24, 2.45) is 0 Å². The molecule has 0 atom stereocenters. The van der Waals surface area contributed by atoms with Crippen LogP contribution in [0.4, 0.5) is 5.69 Å². The Hall–Kier alpha value is -0.584. The van der Waals surface area contributed by atoms with Gasteiger partial charge in [0.1, 0.15) is 4.70 Å². The second kappa shape index (κ2) is 13.9. The molecule has 38 heavy (non-hydrogen) atoms. The van der Waals surface area contributed by atoms with Crippen molar-refractivity contribution in [3.63, 3.8) is 0 Å². The minimum Gasteiger partial charge on any atom is -0.748 e. The van der Waals surface area contributed by atoms with E-state index in [4.69, 9.17) is 4.55 Å². The van der Waals surface area contributed by atoms with E-state index in [1.54, 1.807) is 23.1 Å². The molecule has 4 rings (SSSR count). The van der Waals surface area contributed by atoms with Crippen LogP contribution in [0.1, 0.15) is 31.2 Å². The number of thiazole rings is 1. The summed E-state index contributed by atoms with van der Waals surface area (Å²) >= 11 is 3.21. The molecule has 0 spiro atoms. The SMILES string of the molecule is CCC(=Cc1sc2ccccc2[n+]1CCCS(=O)(=O)[O-])C=C1Sc2ccccc2N1CCCS(=O)(=O)O.[K+]. The van der Waals surface area contributed by atoms with Gasteiger partial charge in [0, 0.05) is 35.8 Å². The quantitative estimate of drug-likeness (QED) is 0.196. The first-order chi connectivity index (χ1) is 17.5. The topological polar surface area (TPSA) is 119 Å². The van der Waals surface area contributed by atoms with Crippen molar-refractivity contribution in [3.8, 4) is 0 Å². The average Bonchev–Trinajstić information content (AvgIpc) is 3.35. The van der Waals surface area contributed by atoms with E-state index in [0.717, 1.165) is 42.8 Å². The van der Waals surface area contributed by atoms with Gasteiger partial charge in [-0.25, -0.2) is 8.42 Å². The number of nitrogens with zero attached hydrogens (tertiary/aromatic N) is 2. The maximum atomic E-state index is 11.3. The Morgan fingerprint density at radius 3 is 2.47 bits per heavy atom. The summed E-state index contributed by atoms with van der Waals surface area (Å²) in [6.45, 7) is 2.91. The predicted octanol–water partition coefficient (Wildman–Crippen LogP) is 1.65. The van der Waals surface area contributed by atoms with Gasteiger partial charge >= 0.3 is 51.4 Å². The van der Waals surface area contributed by atoms with Crippen molar-refractivity contribution in [3.05, 3.63) is 70.2 Å². The van der Waals surface area contributed by atoms with E-state index in [0.29, 0.717) is 13.1 Å². The van der Waals surface area contributed by atoms with Crippen LogP contribution in [0.2, 0.25) is 0 Å². The second-order valence-corrected chi connectivity index (χ2v) is 13.8. The van der Waals surface area contributed by atoms with Crippen molar-refractivity contribution in [1.29, 1.82) is 0 Å². The molecule has 0 saturated carbocycles. The van der Waals surface area contributed by atoms with Gasteiger partial charge in [0.2, 0.25) is 5.52 Å². The number of fused-ring (bicyclic) bond motifs is 2. The van der Waals surface area contributed by atoms with E-state index in [-0.39, 0.29) is 70.0 Å². The molecule has 1 aromatic heterocycles. The fourth-order valence-electron chi connectivity index (χ4n) is 4.15. The summed E-state index contributed by atoms with van der Waals surface area (Å²) in [5, 5.41) is 1.92. The van der Waals surface area contributed by atoms with Gasteiger partial charge in [-0.05, 0) is 42.7 Å². The summed E-state index contributed by atoms with van der Waals surface area (Å²) in [5.74, 6) is -0.716. The van der Waals surface area contributed by atoms with Crippen LogP contribution in [-0.2, 0) is 26.8 Å².